The number of barbiturate groups is 1. The van der Waals surface area contributed by atoms with E-state index in [1.165, 1.54) is 18.2 Å². The molecule has 1 saturated heterocycles. The maximum atomic E-state index is 13.1. The molecule has 1 fully saturated rings. The standard InChI is InChI=1S/C24H13Br2Cl3N2O4/c25-18-8-12(9-19(26)21(18)35-11-13-1-2-15(28)10-20(13)29)7-17-22(32)30-24(34)31(23(17)33)16-5-3-14(27)4-6-16/h1-10H,11H2,(H,30,32,34)/b17-7+. The molecule has 178 valence electrons. The molecule has 1 N–H and O–H groups in total. The number of hydrogen-bond donors (Lipinski definition) is 1. The molecule has 0 atom stereocenters. The first-order chi connectivity index (χ1) is 16.6. The number of nitrogens with one attached hydrogen (secondary N) is 1. The van der Waals surface area contributed by atoms with E-state index in [4.69, 9.17) is 39.5 Å². The Labute approximate surface area is 232 Å². The maximum absolute atomic E-state index is 13.1. The van der Waals surface area contributed by atoms with Crippen molar-refractivity contribution in [3.63, 3.8) is 0 Å². The molecule has 4 amide bonds. The fraction of sp³-hybridized carbons (Fsp3) is 0.0417. The summed E-state index contributed by atoms with van der Waals surface area (Å²) in [4.78, 5) is 38.7. The first-order valence-electron chi connectivity index (χ1n) is 9.87. The van der Waals surface area contributed by atoms with Gasteiger partial charge >= 0.3 is 6.03 Å². The monoisotopic (exact) mass is 656 g/mol. The third-order valence-corrected chi connectivity index (χ3v) is 6.92. The van der Waals surface area contributed by atoms with Crippen molar-refractivity contribution in [1.82, 2.24) is 5.32 Å². The van der Waals surface area contributed by atoms with E-state index in [1.54, 1.807) is 42.5 Å². The minimum atomic E-state index is -0.841. The highest BCUT2D eigenvalue weighted by Gasteiger charge is 2.36. The van der Waals surface area contributed by atoms with E-state index in [2.05, 4.69) is 37.2 Å². The van der Waals surface area contributed by atoms with Crippen molar-refractivity contribution in [2.45, 2.75) is 6.61 Å². The zero-order valence-corrected chi connectivity index (χ0v) is 22.9. The predicted octanol–water partition coefficient (Wildman–Crippen LogP) is 7.42. The fourth-order valence-corrected chi connectivity index (χ4v) is 5.28. The van der Waals surface area contributed by atoms with Gasteiger partial charge in [-0.1, -0.05) is 40.9 Å². The largest absolute Gasteiger partial charge is 0.486 e. The van der Waals surface area contributed by atoms with Crippen molar-refractivity contribution >= 4 is 96.3 Å². The van der Waals surface area contributed by atoms with Crippen molar-refractivity contribution in [3.8, 4) is 5.75 Å². The fourth-order valence-electron chi connectivity index (χ4n) is 3.24. The van der Waals surface area contributed by atoms with Crippen molar-refractivity contribution < 1.29 is 19.1 Å². The highest BCUT2D eigenvalue weighted by molar-refractivity contribution is 9.11. The van der Waals surface area contributed by atoms with Crippen molar-refractivity contribution in [3.05, 3.63) is 95.3 Å². The number of halogens is 5. The molecule has 0 saturated carbocycles. The van der Waals surface area contributed by atoms with Gasteiger partial charge in [-0.3, -0.25) is 14.9 Å². The SMILES string of the molecule is O=C1NC(=O)N(c2ccc(Cl)cc2)C(=O)/C1=C/c1cc(Br)c(OCc2ccc(Cl)cc2Cl)c(Br)c1. The van der Waals surface area contributed by atoms with Gasteiger partial charge in [-0.25, -0.2) is 9.69 Å². The summed E-state index contributed by atoms with van der Waals surface area (Å²) in [5, 5.41) is 3.64. The van der Waals surface area contributed by atoms with Gasteiger partial charge in [0.25, 0.3) is 11.8 Å². The molecule has 0 spiro atoms. The lowest BCUT2D eigenvalue weighted by molar-refractivity contribution is -0.122. The van der Waals surface area contributed by atoms with E-state index in [0.717, 1.165) is 10.5 Å². The van der Waals surface area contributed by atoms with Crippen LogP contribution in [0.2, 0.25) is 15.1 Å². The molecule has 3 aromatic rings. The van der Waals surface area contributed by atoms with Crippen LogP contribution in [-0.4, -0.2) is 17.8 Å². The topological polar surface area (TPSA) is 75.7 Å². The van der Waals surface area contributed by atoms with Crippen LogP contribution in [0.4, 0.5) is 10.5 Å². The first kappa shape index (κ1) is 25.7. The number of imide groups is 2. The Kier molecular flexibility index (Phi) is 7.88. The van der Waals surface area contributed by atoms with Crippen molar-refractivity contribution in [2.75, 3.05) is 4.90 Å². The number of carbonyl (C=O) groups is 3. The Hall–Kier alpha value is -2.36. The Morgan fingerprint density at radius 2 is 1.51 bits per heavy atom. The van der Waals surface area contributed by atoms with Crippen LogP contribution in [0.25, 0.3) is 6.08 Å². The highest BCUT2D eigenvalue weighted by atomic mass is 79.9. The van der Waals surface area contributed by atoms with Crippen LogP contribution < -0.4 is 15.0 Å². The smallest absolute Gasteiger partial charge is 0.335 e. The number of amides is 4. The molecular weight excluding hydrogens is 646 g/mol. The van der Waals surface area contributed by atoms with Crippen molar-refractivity contribution in [2.24, 2.45) is 0 Å². The zero-order valence-electron chi connectivity index (χ0n) is 17.5. The average Bonchev–Trinajstić information content (AvgIpc) is 2.78. The van der Waals surface area contributed by atoms with Crippen LogP contribution >= 0.6 is 66.7 Å². The first-order valence-corrected chi connectivity index (χ1v) is 12.6. The molecule has 11 heteroatoms. The molecular formula is C24H13Br2Cl3N2O4. The number of benzene rings is 3. The molecule has 0 bridgehead atoms. The van der Waals surface area contributed by atoms with Gasteiger partial charge in [-0.15, -0.1) is 0 Å². The normalized spacial score (nSPS) is 14.9. The molecule has 0 aliphatic carbocycles. The van der Waals surface area contributed by atoms with Crippen LogP contribution in [0, 0.1) is 0 Å². The molecule has 1 aliphatic heterocycles. The number of anilines is 1. The maximum Gasteiger partial charge on any atom is 0.335 e. The van der Waals surface area contributed by atoms with Gasteiger partial charge in [0.15, 0.2) is 0 Å². The molecule has 35 heavy (non-hydrogen) atoms. The van der Waals surface area contributed by atoms with Gasteiger partial charge in [0.2, 0.25) is 0 Å². The molecule has 6 nitrogen and oxygen atoms in total. The summed E-state index contributed by atoms with van der Waals surface area (Å²) in [5.74, 6) is -1.06. The third-order valence-electron chi connectivity index (χ3n) is 4.91. The Bertz CT molecular complexity index is 1370. The minimum Gasteiger partial charge on any atom is -0.486 e. The summed E-state index contributed by atoms with van der Waals surface area (Å²) < 4.78 is 7.04. The van der Waals surface area contributed by atoms with E-state index in [9.17, 15) is 14.4 Å². The average molecular weight is 660 g/mol. The van der Waals surface area contributed by atoms with E-state index < -0.39 is 17.8 Å². The quantitative estimate of drug-likeness (QED) is 0.229. The molecule has 0 radical (unpaired) electrons. The second kappa shape index (κ2) is 10.7. The van der Waals surface area contributed by atoms with Gasteiger partial charge in [-0.05, 0) is 92.0 Å². The van der Waals surface area contributed by atoms with Crippen LogP contribution in [0.15, 0.2) is 69.1 Å². The number of ether oxygens (including phenoxy) is 1. The van der Waals surface area contributed by atoms with E-state index in [1.807, 2.05) is 0 Å². The summed E-state index contributed by atoms with van der Waals surface area (Å²) in [7, 11) is 0. The third kappa shape index (κ3) is 5.73. The second-order valence-corrected chi connectivity index (χ2v) is 10.3. The molecule has 3 aromatic carbocycles. The lowest BCUT2D eigenvalue weighted by Gasteiger charge is -2.26. The summed E-state index contributed by atoms with van der Waals surface area (Å²) in [6, 6.07) is 13.8. The van der Waals surface area contributed by atoms with E-state index >= 15 is 0 Å². The van der Waals surface area contributed by atoms with Gasteiger partial charge < -0.3 is 4.74 Å². The second-order valence-electron chi connectivity index (χ2n) is 7.27. The molecule has 0 unspecified atom stereocenters. The predicted molar refractivity (Wildman–Crippen MR) is 143 cm³/mol. The molecule has 4 rings (SSSR count). The molecule has 1 aliphatic rings. The summed E-state index contributed by atoms with van der Waals surface area (Å²) in [6.45, 7) is 0.187. The summed E-state index contributed by atoms with van der Waals surface area (Å²) >= 11 is 25.0. The van der Waals surface area contributed by atoms with E-state index in [-0.39, 0.29) is 17.9 Å². The Morgan fingerprint density at radius 1 is 0.886 bits per heavy atom. The lowest BCUT2D eigenvalue weighted by Crippen LogP contribution is -2.54. The van der Waals surface area contributed by atoms with Crippen LogP contribution in [0.1, 0.15) is 11.1 Å². The number of nitrogens with zero attached hydrogens (tertiary/aromatic N) is 1. The van der Waals surface area contributed by atoms with Crippen LogP contribution in [0.3, 0.4) is 0 Å². The van der Waals surface area contributed by atoms with Crippen molar-refractivity contribution in [1.29, 1.82) is 0 Å². The highest BCUT2D eigenvalue weighted by Crippen LogP contribution is 2.37. The minimum absolute atomic E-state index is 0.187. The van der Waals surface area contributed by atoms with Crippen LogP contribution in [-0.2, 0) is 16.2 Å². The molecule has 1 heterocycles. The number of urea groups is 1. The van der Waals surface area contributed by atoms with Crippen LogP contribution in [0.5, 0.6) is 5.75 Å². The Morgan fingerprint density at radius 3 is 2.14 bits per heavy atom. The molecule has 0 aromatic heterocycles. The van der Waals surface area contributed by atoms with Gasteiger partial charge in [0.05, 0.1) is 14.6 Å². The van der Waals surface area contributed by atoms with Gasteiger partial charge in [-0.2, -0.15) is 0 Å². The van der Waals surface area contributed by atoms with Gasteiger partial charge in [0, 0.05) is 20.6 Å². The van der Waals surface area contributed by atoms with E-state index in [0.29, 0.717) is 35.3 Å². The number of rotatable bonds is 5. The zero-order chi connectivity index (χ0) is 25.3. The number of hydrogen-bond acceptors (Lipinski definition) is 4. The lowest BCUT2D eigenvalue weighted by atomic mass is 10.1. The Balaban J connectivity index is 1.60. The van der Waals surface area contributed by atoms with Gasteiger partial charge in [0.1, 0.15) is 17.9 Å². The summed E-state index contributed by atoms with van der Waals surface area (Å²) in [6.07, 6.45) is 1.39. The summed E-state index contributed by atoms with van der Waals surface area (Å²) in [5.41, 5.74) is 1.34. The number of carbonyl (C=O) groups excluding carboxylic acids is 3.